The van der Waals surface area contributed by atoms with Crippen molar-refractivity contribution in [3.05, 3.63) is 27.4 Å². The first-order valence-electron chi connectivity index (χ1n) is 6.40. The van der Waals surface area contributed by atoms with Gasteiger partial charge < -0.3 is 10.1 Å². The van der Waals surface area contributed by atoms with E-state index >= 15 is 0 Å². The van der Waals surface area contributed by atoms with E-state index in [1.54, 1.807) is 0 Å². The van der Waals surface area contributed by atoms with Crippen LogP contribution in [0.15, 0.2) is 16.6 Å². The van der Waals surface area contributed by atoms with Gasteiger partial charge in [-0.3, -0.25) is 0 Å². The lowest BCUT2D eigenvalue weighted by atomic mass is 9.64. The fourth-order valence-corrected chi connectivity index (χ4v) is 3.16. The summed E-state index contributed by atoms with van der Waals surface area (Å²) in [4.78, 5) is 0. The zero-order valence-corrected chi connectivity index (χ0v) is 13.6. The molecule has 106 valence electrons. The third kappa shape index (κ3) is 2.91. The van der Waals surface area contributed by atoms with E-state index in [9.17, 15) is 4.39 Å². The van der Waals surface area contributed by atoms with E-state index < -0.39 is 5.82 Å². The van der Waals surface area contributed by atoms with Gasteiger partial charge in [-0.15, -0.1) is 0 Å². The van der Waals surface area contributed by atoms with Crippen molar-refractivity contribution in [1.82, 2.24) is 5.32 Å². The van der Waals surface area contributed by atoms with Gasteiger partial charge in [0.15, 0.2) is 0 Å². The Morgan fingerprint density at radius 3 is 2.79 bits per heavy atom. The van der Waals surface area contributed by atoms with Crippen molar-refractivity contribution in [2.24, 2.45) is 5.41 Å². The summed E-state index contributed by atoms with van der Waals surface area (Å²) in [6.07, 6.45) is 1.01. The molecule has 1 fully saturated rings. The van der Waals surface area contributed by atoms with E-state index in [1.807, 2.05) is 0 Å². The van der Waals surface area contributed by atoms with Crippen LogP contribution in [0, 0.1) is 11.2 Å². The molecule has 0 radical (unpaired) electrons. The Labute approximate surface area is 126 Å². The molecule has 2 atom stereocenters. The summed E-state index contributed by atoms with van der Waals surface area (Å²) in [6.45, 7) is 7.36. The van der Waals surface area contributed by atoms with Crippen molar-refractivity contribution in [2.45, 2.75) is 39.3 Å². The second kappa shape index (κ2) is 5.58. The summed E-state index contributed by atoms with van der Waals surface area (Å²) in [6, 6.07) is 3.31. The summed E-state index contributed by atoms with van der Waals surface area (Å²) in [7, 11) is 0. The largest absolute Gasteiger partial charge is 0.488 e. The number of hydrogen-bond donors (Lipinski definition) is 1. The topological polar surface area (TPSA) is 21.3 Å². The molecule has 0 saturated heterocycles. The SMILES string of the molecule is CCNC1CC(Oc2cc(F)c(Cl)cc2Br)C1(C)C. The van der Waals surface area contributed by atoms with Crippen LogP contribution in [0.3, 0.4) is 0 Å². The average Bonchev–Trinajstić information content (AvgIpc) is 2.34. The Morgan fingerprint density at radius 2 is 2.21 bits per heavy atom. The molecule has 0 amide bonds. The van der Waals surface area contributed by atoms with E-state index in [1.165, 1.54) is 12.1 Å². The molecular weight excluding hydrogens is 333 g/mol. The van der Waals surface area contributed by atoms with E-state index in [0.717, 1.165) is 13.0 Å². The predicted octanol–water partition coefficient (Wildman–Crippen LogP) is 4.40. The number of ether oxygens (including phenoxy) is 1. The maximum Gasteiger partial charge on any atom is 0.145 e. The van der Waals surface area contributed by atoms with Gasteiger partial charge in [-0.1, -0.05) is 32.4 Å². The quantitative estimate of drug-likeness (QED) is 0.813. The van der Waals surface area contributed by atoms with Crippen molar-refractivity contribution in [3.63, 3.8) is 0 Å². The van der Waals surface area contributed by atoms with Crippen LogP contribution in [0.1, 0.15) is 27.2 Å². The lowest BCUT2D eigenvalue weighted by molar-refractivity contribution is -0.0546. The van der Waals surface area contributed by atoms with Gasteiger partial charge in [-0.05, 0) is 28.5 Å². The molecular formula is C14H18BrClFNO. The minimum Gasteiger partial charge on any atom is -0.488 e. The highest BCUT2D eigenvalue weighted by Crippen LogP contribution is 2.44. The molecule has 2 nitrogen and oxygen atoms in total. The molecule has 2 rings (SSSR count). The zero-order chi connectivity index (χ0) is 14.2. The molecule has 1 N–H and O–H groups in total. The fraction of sp³-hybridized carbons (Fsp3) is 0.571. The molecule has 1 aromatic carbocycles. The maximum absolute atomic E-state index is 13.5. The smallest absolute Gasteiger partial charge is 0.145 e. The number of benzene rings is 1. The zero-order valence-electron chi connectivity index (χ0n) is 11.3. The predicted molar refractivity (Wildman–Crippen MR) is 79.4 cm³/mol. The van der Waals surface area contributed by atoms with Gasteiger partial charge in [0.05, 0.1) is 9.50 Å². The van der Waals surface area contributed by atoms with Crippen LogP contribution in [-0.4, -0.2) is 18.7 Å². The maximum atomic E-state index is 13.5. The summed E-state index contributed by atoms with van der Waals surface area (Å²) >= 11 is 9.07. The normalized spacial score (nSPS) is 24.9. The van der Waals surface area contributed by atoms with Gasteiger partial charge in [0, 0.05) is 23.9 Å². The Hall–Kier alpha value is -0.320. The lowest BCUT2D eigenvalue weighted by Gasteiger charge is -2.51. The van der Waals surface area contributed by atoms with Crippen molar-refractivity contribution in [2.75, 3.05) is 6.54 Å². The van der Waals surface area contributed by atoms with Crippen molar-refractivity contribution < 1.29 is 9.13 Å². The third-order valence-corrected chi connectivity index (χ3v) is 4.78. The second-order valence-electron chi connectivity index (χ2n) is 5.47. The van der Waals surface area contributed by atoms with Crippen LogP contribution in [0.5, 0.6) is 5.75 Å². The molecule has 1 aromatic rings. The Morgan fingerprint density at radius 1 is 1.53 bits per heavy atom. The molecule has 1 saturated carbocycles. The van der Waals surface area contributed by atoms with Gasteiger partial charge in [-0.25, -0.2) is 4.39 Å². The van der Waals surface area contributed by atoms with Gasteiger partial charge in [0.1, 0.15) is 17.7 Å². The lowest BCUT2D eigenvalue weighted by Crippen LogP contribution is -2.62. The van der Waals surface area contributed by atoms with Crippen LogP contribution in [0.4, 0.5) is 4.39 Å². The molecule has 19 heavy (non-hydrogen) atoms. The first-order valence-corrected chi connectivity index (χ1v) is 7.58. The first-order chi connectivity index (χ1) is 8.86. The molecule has 2 unspecified atom stereocenters. The van der Waals surface area contributed by atoms with Crippen molar-refractivity contribution >= 4 is 27.5 Å². The van der Waals surface area contributed by atoms with Crippen molar-refractivity contribution in [3.8, 4) is 5.75 Å². The Bertz CT molecular complexity index is 481. The number of hydrogen-bond acceptors (Lipinski definition) is 2. The molecule has 0 heterocycles. The summed E-state index contributed by atoms with van der Waals surface area (Å²) < 4.78 is 20.1. The summed E-state index contributed by atoms with van der Waals surface area (Å²) in [5, 5.41) is 3.53. The summed E-state index contributed by atoms with van der Waals surface area (Å²) in [5.74, 6) is 0.0511. The first kappa shape index (κ1) is 15.1. The highest BCUT2D eigenvalue weighted by Gasteiger charge is 2.49. The highest BCUT2D eigenvalue weighted by atomic mass is 79.9. The molecule has 0 aliphatic heterocycles. The van der Waals surface area contributed by atoms with Gasteiger partial charge in [0.2, 0.25) is 0 Å². The minimum absolute atomic E-state index is 0.0333. The Kier molecular flexibility index (Phi) is 4.43. The number of nitrogens with one attached hydrogen (secondary N) is 1. The van der Waals surface area contributed by atoms with E-state index in [-0.39, 0.29) is 16.5 Å². The molecule has 0 bridgehead atoms. The van der Waals surface area contributed by atoms with Crippen LogP contribution in [0.2, 0.25) is 5.02 Å². The molecule has 0 aromatic heterocycles. The second-order valence-corrected chi connectivity index (χ2v) is 6.73. The van der Waals surface area contributed by atoms with Gasteiger partial charge in [0.25, 0.3) is 0 Å². The molecule has 1 aliphatic carbocycles. The average molecular weight is 351 g/mol. The van der Waals surface area contributed by atoms with Crippen LogP contribution >= 0.6 is 27.5 Å². The van der Waals surface area contributed by atoms with E-state index in [2.05, 4.69) is 42.0 Å². The fourth-order valence-electron chi connectivity index (χ4n) is 2.43. The Balaban J connectivity index is 2.09. The van der Waals surface area contributed by atoms with Crippen LogP contribution < -0.4 is 10.1 Å². The minimum atomic E-state index is -0.458. The van der Waals surface area contributed by atoms with Crippen LogP contribution in [-0.2, 0) is 0 Å². The van der Waals surface area contributed by atoms with Crippen LogP contribution in [0.25, 0.3) is 0 Å². The van der Waals surface area contributed by atoms with E-state index in [0.29, 0.717) is 16.3 Å². The highest BCUT2D eigenvalue weighted by molar-refractivity contribution is 9.10. The number of halogens is 3. The van der Waals surface area contributed by atoms with Crippen molar-refractivity contribution in [1.29, 1.82) is 0 Å². The number of rotatable bonds is 4. The molecule has 5 heteroatoms. The summed E-state index contributed by atoms with van der Waals surface area (Å²) in [5.41, 5.74) is 0.0333. The van der Waals surface area contributed by atoms with Gasteiger partial charge in [-0.2, -0.15) is 0 Å². The monoisotopic (exact) mass is 349 g/mol. The standard InChI is InChI=1S/C14H18BrClFNO/c1-4-18-12-7-13(14(12,2)3)19-11-6-10(17)9(16)5-8(11)15/h5-6,12-13,18H,4,7H2,1-3H3. The molecule has 0 spiro atoms. The van der Waals surface area contributed by atoms with Gasteiger partial charge >= 0.3 is 0 Å². The molecule has 1 aliphatic rings. The van der Waals surface area contributed by atoms with E-state index in [4.69, 9.17) is 16.3 Å². The third-order valence-electron chi connectivity index (χ3n) is 3.87.